The van der Waals surface area contributed by atoms with Gasteiger partial charge in [-0.25, -0.2) is 0 Å². The van der Waals surface area contributed by atoms with Gasteiger partial charge in [-0.15, -0.1) is 0 Å². The second-order valence-electron chi connectivity index (χ2n) is 5.85. The maximum Gasteiger partial charge on any atom is 0.255 e. The molecule has 5 nitrogen and oxygen atoms in total. The van der Waals surface area contributed by atoms with Crippen LogP contribution in [0.4, 0.5) is 11.4 Å². The number of hydrogen-bond donors (Lipinski definition) is 1. The van der Waals surface area contributed by atoms with Crippen molar-refractivity contribution in [1.82, 2.24) is 0 Å². The van der Waals surface area contributed by atoms with Crippen LogP contribution in [0.5, 0.6) is 5.75 Å². The Hall–Kier alpha value is -2.34. The minimum absolute atomic E-state index is 0.108. The second kappa shape index (κ2) is 7.70. The number of nitrogens with zero attached hydrogens (tertiary/aromatic N) is 1. The van der Waals surface area contributed by atoms with Gasteiger partial charge in [0.1, 0.15) is 5.75 Å². The number of methoxy groups -OCH3 is 1. The van der Waals surface area contributed by atoms with E-state index in [1.165, 1.54) is 0 Å². The molecular weight excluding hydrogens is 384 g/mol. The number of amides is 2. The van der Waals surface area contributed by atoms with Gasteiger partial charge < -0.3 is 15.0 Å². The second-order valence-corrected chi connectivity index (χ2v) is 6.77. The molecule has 0 radical (unpaired) electrons. The van der Waals surface area contributed by atoms with Crippen LogP contribution in [0.1, 0.15) is 29.6 Å². The molecule has 0 atom stereocenters. The van der Waals surface area contributed by atoms with Crippen LogP contribution >= 0.6 is 15.9 Å². The Morgan fingerprint density at radius 2 is 1.92 bits per heavy atom. The van der Waals surface area contributed by atoms with Gasteiger partial charge in [-0.05, 0) is 49.2 Å². The van der Waals surface area contributed by atoms with Gasteiger partial charge in [-0.1, -0.05) is 15.9 Å². The van der Waals surface area contributed by atoms with Crippen molar-refractivity contribution >= 4 is 39.1 Å². The zero-order valence-electron chi connectivity index (χ0n) is 13.9. The molecule has 1 fully saturated rings. The fourth-order valence-electron chi connectivity index (χ4n) is 2.84. The summed E-state index contributed by atoms with van der Waals surface area (Å²) < 4.78 is 6.36. The van der Waals surface area contributed by atoms with E-state index in [4.69, 9.17) is 4.74 Å². The van der Waals surface area contributed by atoms with Crippen molar-refractivity contribution in [2.45, 2.75) is 19.3 Å². The Kier molecular flexibility index (Phi) is 5.38. The molecule has 25 heavy (non-hydrogen) atoms. The number of benzene rings is 2. The quantitative estimate of drug-likeness (QED) is 0.832. The summed E-state index contributed by atoms with van der Waals surface area (Å²) in [5.74, 6) is 0.483. The Morgan fingerprint density at radius 1 is 1.16 bits per heavy atom. The van der Waals surface area contributed by atoms with Crippen molar-refractivity contribution in [2.75, 3.05) is 23.9 Å². The summed E-state index contributed by atoms with van der Waals surface area (Å²) in [6.45, 7) is 0.694. The van der Waals surface area contributed by atoms with E-state index >= 15 is 0 Å². The van der Waals surface area contributed by atoms with E-state index in [0.29, 0.717) is 30.0 Å². The fraction of sp³-hybridized carbons (Fsp3) is 0.263. The third-order valence-corrected chi connectivity index (χ3v) is 4.69. The van der Waals surface area contributed by atoms with E-state index < -0.39 is 0 Å². The van der Waals surface area contributed by atoms with Crippen molar-refractivity contribution < 1.29 is 14.3 Å². The molecule has 0 aliphatic carbocycles. The maximum atomic E-state index is 12.3. The molecule has 1 N–H and O–H groups in total. The number of halogens is 1. The molecule has 1 saturated heterocycles. The van der Waals surface area contributed by atoms with Crippen molar-refractivity contribution in [3.63, 3.8) is 0 Å². The zero-order valence-corrected chi connectivity index (χ0v) is 15.5. The van der Waals surface area contributed by atoms with Crippen LogP contribution in [0.3, 0.4) is 0 Å². The molecule has 2 aromatic rings. The Balaban J connectivity index is 1.80. The zero-order chi connectivity index (χ0) is 17.8. The average Bonchev–Trinajstić information content (AvgIpc) is 2.63. The summed E-state index contributed by atoms with van der Waals surface area (Å²) in [6, 6.07) is 12.5. The number of hydrogen-bond acceptors (Lipinski definition) is 3. The average molecular weight is 403 g/mol. The van der Waals surface area contributed by atoms with Gasteiger partial charge in [0.25, 0.3) is 5.91 Å². The number of piperidine rings is 1. The first kappa shape index (κ1) is 17.5. The van der Waals surface area contributed by atoms with Gasteiger partial charge >= 0.3 is 0 Å². The highest BCUT2D eigenvalue weighted by Gasteiger charge is 2.22. The van der Waals surface area contributed by atoms with Gasteiger partial charge in [0.05, 0.1) is 12.8 Å². The lowest BCUT2D eigenvalue weighted by Crippen LogP contribution is -2.35. The molecular formula is C19H19BrN2O3. The lowest BCUT2D eigenvalue weighted by Gasteiger charge is -2.28. The number of carbonyl (C=O) groups excluding carboxylic acids is 2. The van der Waals surface area contributed by atoms with E-state index in [2.05, 4.69) is 21.2 Å². The van der Waals surface area contributed by atoms with E-state index in [0.717, 1.165) is 23.0 Å². The number of carbonyl (C=O) groups is 2. The summed E-state index contributed by atoms with van der Waals surface area (Å²) in [5.41, 5.74) is 1.93. The van der Waals surface area contributed by atoms with E-state index in [9.17, 15) is 9.59 Å². The summed E-state index contributed by atoms with van der Waals surface area (Å²) in [4.78, 5) is 26.2. The van der Waals surface area contributed by atoms with Gasteiger partial charge in [-0.3, -0.25) is 9.59 Å². The number of rotatable bonds is 4. The molecule has 0 spiro atoms. The van der Waals surface area contributed by atoms with Gasteiger partial charge in [0.2, 0.25) is 5.91 Å². The SMILES string of the molecule is COc1cc(NC(=O)c2ccc(Br)cc2)ccc1N1CCCCC1=O. The molecule has 3 rings (SSSR count). The molecule has 0 aromatic heterocycles. The van der Waals surface area contributed by atoms with Crippen molar-refractivity contribution in [3.05, 3.63) is 52.5 Å². The molecule has 2 amide bonds. The normalized spacial score (nSPS) is 14.3. The minimum atomic E-state index is -0.198. The van der Waals surface area contributed by atoms with Crippen molar-refractivity contribution in [3.8, 4) is 5.75 Å². The number of ether oxygens (including phenoxy) is 1. The smallest absolute Gasteiger partial charge is 0.255 e. The van der Waals surface area contributed by atoms with Crippen LogP contribution in [0.25, 0.3) is 0 Å². The minimum Gasteiger partial charge on any atom is -0.494 e. The largest absolute Gasteiger partial charge is 0.494 e. The Morgan fingerprint density at radius 3 is 2.60 bits per heavy atom. The predicted octanol–water partition coefficient (Wildman–Crippen LogP) is 4.23. The van der Waals surface area contributed by atoms with E-state index in [1.54, 1.807) is 36.3 Å². The van der Waals surface area contributed by atoms with E-state index in [1.807, 2.05) is 18.2 Å². The van der Waals surface area contributed by atoms with E-state index in [-0.39, 0.29) is 11.8 Å². The summed E-state index contributed by atoms with van der Waals surface area (Å²) in [6.07, 6.45) is 2.47. The first-order valence-corrected chi connectivity index (χ1v) is 8.93. The highest BCUT2D eigenvalue weighted by Crippen LogP contribution is 2.33. The standard InChI is InChI=1S/C19H19BrN2O3/c1-25-17-12-15(21-19(24)13-5-7-14(20)8-6-13)9-10-16(17)22-11-3-2-4-18(22)23/h5-10,12H,2-4,11H2,1H3,(H,21,24). The van der Waals surface area contributed by atoms with Gasteiger partial charge in [0, 0.05) is 34.8 Å². The third-order valence-electron chi connectivity index (χ3n) is 4.16. The molecule has 0 saturated carbocycles. The first-order valence-electron chi connectivity index (χ1n) is 8.14. The van der Waals surface area contributed by atoms with Crippen molar-refractivity contribution in [1.29, 1.82) is 0 Å². The molecule has 2 aromatic carbocycles. The topological polar surface area (TPSA) is 58.6 Å². The Bertz CT molecular complexity index is 790. The maximum absolute atomic E-state index is 12.3. The van der Waals surface area contributed by atoms with Crippen LogP contribution in [0, 0.1) is 0 Å². The number of nitrogens with one attached hydrogen (secondary N) is 1. The lowest BCUT2D eigenvalue weighted by molar-refractivity contribution is -0.119. The van der Waals surface area contributed by atoms with Crippen LogP contribution in [-0.4, -0.2) is 25.5 Å². The van der Waals surface area contributed by atoms with Crippen LogP contribution < -0.4 is 15.0 Å². The van der Waals surface area contributed by atoms with Gasteiger partial charge in [-0.2, -0.15) is 0 Å². The third kappa shape index (κ3) is 4.02. The molecule has 0 unspecified atom stereocenters. The molecule has 130 valence electrons. The molecule has 1 aliphatic heterocycles. The molecule has 6 heteroatoms. The summed E-state index contributed by atoms with van der Waals surface area (Å²) >= 11 is 3.35. The predicted molar refractivity (Wildman–Crippen MR) is 101 cm³/mol. The molecule has 1 heterocycles. The highest BCUT2D eigenvalue weighted by molar-refractivity contribution is 9.10. The summed E-state index contributed by atoms with van der Waals surface area (Å²) in [7, 11) is 1.56. The van der Waals surface area contributed by atoms with Crippen LogP contribution in [0.15, 0.2) is 46.9 Å². The monoisotopic (exact) mass is 402 g/mol. The van der Waals surface area contributed by atoms with Crippen LogP contribution in [0.2, 0.25) is 0 Å². The fourth-order valence-corrected chi connectivity index (χ4v) is 3.11. The summed E-state index contributed by atoms with van der Waals surface area (Å²) in [5, 5.41) is 2.86. The molecule has 0 bridgehead atoms. The molecule has 1 aliphatic rings. The van der Waals surface area contributed by atoms with Crippen molar-refractivity contribution in [2.24, 2.45) is 0 Å². The van der Waals surface area contributed by atoms with Crippen LogP contribution in [-0.2, 0) is 4.79 Å². The Labute approximate surface area is 155 Å². The highest BCUT2D eigenvalue weighted by atomic mass is 79.9. The number of anilines is 2. The first-order chi connectivity index (χ1) is 12.1. The van der Waals surface area contributed by atoms with Gasteiger partial charge in [0.15, 0.2) is 0 Å². The lowest BCUT2D eigenvalue weighted by atomic mass is 10.1.